The minimum absolute atomic E-state index is 0.0278. The van der Waals surface area contributed by atoms with Crippen molar-refractivity contribution in [1.82, 2.24) is 14.9 Å². The van der Waals surface area contributed by atoms with Gasteiger partial charge in [-0.15, -0.1) is 11.3 Å². The molecule has 5 nitrogen and oxygen atoms in total. The van der Waals surface area contributed by atoms with Crippen LogP contribution in [0.3, 0.4) is 0 Å². The fourth-order valence-corrected chi connectivity index (χ4v) is 6.58. The third-order valence-corrected chi connectivity index (χ3v) is 8.50. The summed E-state index contributed by atoms with van der Waals surface area (Å²) in [6.07, 6.45) is 4.48. The number of nitrogens with zero attached hydrogens (tertiary/aromatic N) is 2. The van der Waals surface area contributed by atoms with Gasteiger partial charge in [-0.05, 0) is 59.4 Å². The zero-order valence-electron chi connectivity index (χ0n) is 20.0. The van der Waals surface area contributed by atoms with Gasteiger partial charge in [0.2, 0.25) is 0 Å². The number of methoxy groups -OCH3 is 1. The molecule has 0 aliphatic heterocycles. The van der Waals surface area contributed by atoms with Crippen molar-refractivity contribution in [3.63, 3.8) is 0 Å². The van der Waals surface area contributed by atoms with Gasteiger partial charge in [0.1, 0.15) is 10.6 Å². The fraction of sp³-hybridized carbons (Fsp3) is 0.241. The highest BCUT2D eigenvalue weighted by Crippen LogP contribution is 2.34. The van der Waals surface area contributed by atoms with Crippen molar-refractivity contribution < 1.29 is 4.74 Å². The molecule has 0 saturated carbocycles. The van der Waals surface area contributed by atoms with Gasteiger partial charge in [-0.25, -0.2) is 4.98 Å². The highest BCUT2D eigenvalue weighted by Gasteiger charge is 2.25. The molecular formula is C29H26ClN3O2S. The molecule has 36 heavy (non-hydrogen) atoms. The van der Waals surface area contributed by atoms with E-state index in [9.17, 15) is 4.79 Å². The van der Waals surface area contributed by atoms with Crippen molar-refractivity contribution in [1.29, 1.82) is 0 Å². The van der Waals surface area contributed by atoms with Crippen molar-refractivity contribution in [3.05, 3.63) is 104 Å². The Morgan fingerprint density at radius 1 is 1.14 bits per heavy atom. The Labute approximate surface area is 218 Å². The molecule has 0 saturated heterocycles. The van der Waals surface area contributed by atoms with Crippen LogP contribution in [0.4, 0.5) is 0 Å². The van der Waals surface area contributed by atoms with E-state index in [1.54, 1.807) is 29.3 Å². The number of aryl methyl sites for hydroxylation is 1. The number of aromatic nitrogens is 2. The zero-order chi connectivity index (χ0) is 24.6. The molecule has 0 spiro atoms. The van der Waals surface area contributed by atoms with Crippen LogP contribution in [0, 0.1) is 0 Å². The Morgan fingerprint density at radius 3 is 2.81 bits per heavy atom. The minimum Gasteiger partial charge on any atom is -0.496 e. The summed E-state index contributed by atoms with van der Waals surface area (Å²) >= 11 is 7.67. The lowest BCUT2D eigenvalue weighted by Crippen LogP contribution is -2.33. The van der Waals surface area contributed by atoms with Crippen molar-refractivity contribution in [2.75, 3.05) is 7.11 Å². The van der Waals surface area contributed by atoms with Gasteiger partial charge in [0.15, 0.2) is 0 Å². The van der Waals surface area contributed by atoms with Gasteiger partial charge in [0, 0.05) is 28.0 Å². The molecule has 1 aliphatic carbocycles. The molecule has 0 radical (unpaired) electrons. The Hall–Kier alpha value is -3.19. The number of nitrogens with one attached hydrogen (secondary N) is 1. The highest BCUT2D eigenvalue weighted by atomic mass is 35.5. The Bertz CT molecular complexity index is 1620. The zero-order valence-corrected chi connectivity index (χ0v) is 21.5. The van der Waals surface area contributed by atoms with E-state index in [4.69, 9.17) is 21.3 Å². The first-order valence-corrected chi connectivity index (χ1v) is 13.3. The molecule has 1 unspecified atom stereocenters. The monoisotopic (exact) mass is 515 g/mol. The van der Waals surface area contributed by atoms with Crippen LogP contribution in [0.2, 0.25) is 5.02 Å². The van der Waals surface area contributed by atoms with Crippen LogP contribution < -0.4 is 15.6 Å². The van der Waals surface area contributed by atoms with Gasteiger partial charge in [0.25, 0.3) is 5.56 Å². The number of hydrogen-bond acceptors (Lipinski definition) is 5. The fourth-order valence-electron chi connectivity index (χ4n) is 5.19. The van der Waals surface area contributed by atoms with E-state index in [-0.39, 0.29) is 5.56 Å². The van der Waals surface area contributed by atoms with Crippen LogP contribution in [0.25, 0.3) is 21.0 Å². The number of thiophene rings is 1. The third-order valence-electron chi connectivity index (χ3n) is 7.09. The normalized spacial score (nSPS) is 15.3. The SMILES string of the molecule is COc1ccc2ccccc2c1Cn1cnc2sc3c(c2c1=O)CCC(NCc1ccc(Cl)cc1)C3. The second-order valence-electron chi connectivity index (χ2n) is 9.28. The molecule has 2 aromatic heterocycles. The topological polar surface area (TPSA) is 56.2 Å². The molecule has 0 bridgehead atoms. The molecule has 7 heteroatoms. The van der Waals surface area contributed by atoms with Gasteiger partial charge in [-0.2, -0.15) is 0 Å². The Kier molecular flexibility index (Phi) is 6.25. The number of halogens is 1. The van der Waals surface area contributed by atoms with Crippen molar-refractivity contribution in [2.24, 2.45) is 0 Å². The molecule has 1 N–H and O–H groups in total. The maximum atomic E-state index is 13.7. The van der Waals surface area contributed by atoms with Crippen LogP contribution in [-0.2, 0) is 25.9 Å². The van der Waals surface area contributed by atoms with Gasteiger partial charge in [-0.1, -0.05) is 54.1 Å². The molecule has 0 fully saturated rings. The van der Waals surface area contributed by atoms with E-state index in [0.717, 1.165) is 63.1 Å². The highest BCUT2D eigenvalue weighted by molar-refractivity contribution is 7.18. The molecule has 5 aromatic rings. The van der Waals surface area contributed by atoms with E-state index >= 15 is 0 Å². The summed E-state index contributed by atoms with van der Waals surface area (Å²) in [6.45, 7) is 1.22. The molecule has 0 amide bonds. The summed E-state index contributed by atoms with van der Waals surface area (Å²) in [6, 6.07) is 20.6. The molecule has 182 valence electrons. The average molecular weight is 516 g/mol. The summed E-state index contributed by atoms with van der Waals surface area (Å²) in [5.74, 6) is 0.780. The molecule has 3 aromatic carbocycles. The molecule has 2 heterocycles. The lowest BCUT2D eigenvalue weighted by Gasteiger charge is -2.23. The van der Waals surface area contributed by atoms with E-state index < -0.39 is 0 Å². The Morgan fingerprint density at radius 2 is 1.97 bits per heavy atom. The summed E-state index contributed by atoms with van der Waals surface area (Å²) in [7, 11) is 1.67. The summed E-state index contributed by atoms with van der Waals surface area (Å²) in [5, 5.41) is 7.43. The third kappa shape index (κ3) is 4.30. The first kappa shape index (κ1) is 23.2. The first-order valence-electron chi connectivity index (χ1n) is 12.1. The standard InChI is InChI=1S/C29H26ClN3O2S/c1-35-25-13-8-19-4-2-3-5-22(19)24(25)16-33-17-32-28-27(29(33)34)23-12-11-21(14-26(23)36-28)31-15-18-6-9-20(30)10-7-18/h2-10,13,17,21,31H,11-12,14-16H2,1H3. The maximum absolute atomic E-state index is 13.7. The second-order valence-corrected chi connectivity index (χ2v) is 10.8. The lowest BCUT2D eigenvalue weighted by molar-refractivity contribution is 0.409. The number of fused-ring (bicyclic) bond motifs is 4. The van der Waals surface area contributed by atoms with Crippen LogP contribution in [0.5, 0.6) is 5.75 Å². The first-order chi connectivity index (χ1) is 17.6. The second kappa shape index (κ2) is 9.69. The summed E-state index contributed by atoms with van der Waals surface area (Å²) < 4.78 is 7.38. The molecule has 6 rings (SSSR count). The van der Waals surface area contributed by atoms with E-state index in [0.29, 0.717) is 12.6 Å². The van der Waals surface area contributed by atoms with E-state index in [1.807, 2.05) is 30.3 Å². The van der Waals surface area contributed by atoms with Crippen LogP contribution in [-0.4, -0.2) is 22.7 Å². The van der Waals surface area contributed by atoms with Crippen LogP contribution >= 0.6 is 22.9 Å². The number of rotatable bonds is 6. The number of ether oxygens (including phenoxy) is 1. The smallest absolute Gasteiger partial charge is 0.262 e. The van der Waals surface area contributed by atoms with E-state index in [1.165, 1.54) is 16.0 Å². The quantitative estimate of drug-likeness (QED) is 0.303. The van der Waals surface area contributed by atoms with Gasteiger partial charge < -0.3 is 10.1 Å². The number of hydrogen-bond donors (Lipinski definition) is 1. The Balaban J connectivity index is 1.28. The van der Waals surface area contributed by atoms with Crippen molar-refractivity contribution in [3.8, 4) is 5.75 Å². The predicted octanol–water partition coefficient (Wildman–Crippen LogP) is 5.97. The molecular weight excluding hydrogens is 490 g/mol. The van der Waals surface area contributed by atoms with Crippen molar-refractivity contribution in [2.45, 2.75) is 38.4 Å². The van der Waals surface area contributed by atoms with Gasteiger partial charge >= 0.3 is 0 Å². The average Bonchev–Trinajstić information content (AvgIpc) is 3.28. The summed E-state index contributed by atoms with van der Waals surface area (Å²) in [5.41, 5.74) is 3.42. The molecule has 1 atom stereocenters. The van der Waals surface area contributed by atoms with Gasteiger partial charge in [-0.3, -0.25) is 9.36 Å². The van der Waals surface area contributed by atoms with Crippen LogP contribution in [0.1, 0.15) is 28.0 Å². The van der Waals surface area contributed by atoms with E-state index in [2.05, 4.69) is 35.6 Å². The van der Waals surface area contributed by atoms with Crippen molar-refractivity contribution >= 4 is 43.9 Å². The number of benzene rings is 3. The van der Waals surface area contributed by atoms with Gasteiger partial charge in [0.05, 0.1) is 25.4 Å². The largest absolute Gasteiger partial charge is 0.496 e. The minimum atomic E-state index is 0.0278. The molecule has 1 aliphatic rings. The van der Waals surface area contributed by atoms with Crippen LogP contribution in [0.15, 0.2) is 71.8 Å². The maximum Gasteiger partial charge on any atom is 0.262 e. The summed E-state index contributed by atoms with van der Waals surface area (Å²) in [4.78, 5) is 20.5. The predicted molar refractivity (Wildman–Crippen MR) is 148 cm³/mol. The lowest BCUT2D eigenvalue weighted by atomic mass is 9.93.